The van der Waals surface area contributed by atoms with Crippen molar-refractivity contribution < 1.29 is 5.11 Å². The molecule has 4 nitrogen and oxygen atoms in total. The average molecular weight is 257 g/mol. The van der Waals surface area contributed by atoms with Crippen LogP contribution in [0.1, 0.15) is 22.6 Å². The Kier molecular flexibility index (Phi) is 3.62. The van der Waals surface area contributed by atoms with Gasteiger partial charge < -0.3 is 10.4 Å². The highest BCUT2D eigenvalue weighted by Gasteiger charge is 2.24. The summed E-state index contributed by atoms with van der Waals surface area (Å²) in [6.45, 7) is 2.55. The Balaban J connectivity index is 1.46. The van der Waals surface area contributed by atoms with E-state index in [4.69, 9.17) is 5.11 Å². The van der Waals surface area contributed by atoms with Crippen molar-refractivity contribution in [1.82, 2.24) is 15.1 Å². The first kappa shape index (κ1) is 12.4. The summed E-state index contributed by atoms with van der Waals surface area (Å²) in [6, 6.07) is 8.66. The molecule has 1 aliphatic rings. The Hall–Kier alpha value is -1.65. The van der Waals surface area contributed by atoms with Crippen molar-refractivity contribution in [3.05, 3.63) is 53.3 Å². The predicted octanol–water partition coefficient (Wildman–Crippen LogP) is 1.30. The van der Waals surface area contributed by atoms with E-state index in [0.717, 1.165) is 13.1 Å². The fourth-order valence-electron chi connectivity index (χ4n) is 2.66. The van der Waals surface area contributed by atoms with Crippen molar-refractivity contribution in [3.63, 3.8) is 0 Å². The van der Waals surface area contributed by atoms with E-state index in [2.05, 4.69) is 34.7 Å². The SMILES string of the molecule is OCCn1cc(CNCC2Cc3ccccc32)cn1. The molecule has 3 rings (SSSR count). The summed E-state index contributed by atoms with van der Waals surface area (Å²) in [5.41, 5.74) is 4.15. The van der Waals surface area contributed by atoms with Crippen LogP contribution in [0.4, 0.5) is 0 Å². The van der Waals surface area contributed by atoms with Crippen molar-refractivity contribution >= 4 is 0 Å². The van der Waals surface area contributed by atoms with Crippen LogP contribution in [-0.2, 0) is 19.5 Å². The van der Waals surface area contributed by atoms with Crippen LogP contribution in [0.15, 0.2) is 36.7 Å². The zero-order chi connectivity index (χ0) is 13.1. The maximum atomic E-state index is 8.83. The van der Waals surface area contributed by atoms with Gasteiger partial charge in [0.2, 0.25) is 0 Å². The van der Waals surface area contributed by atoms with Gasteiger partial charge in [-0.25, -0.2) is 0 Å². The van der Waals surface area contributed by atoms with E-state index in [1.54, 1.807) is 4.68 Å². The van der Waals surface area contributed by atoms with Crippen LogP contribution in [0, 0.1) is 0 Å². The number of hydrogen-bond acceptors (Lipinski definition) is 3. The van der Waals surface area contributed by atoms with E-state index in [9.17, 15) is 0 Å². The molecule has 0 saturated carbocycles. The molecule has 19 heavy (non-hydrogen) atoms. The summed E-state index contributed by atoms with van der Waals surface area (Å²) in [5.74, 6) is 0.656. The van der Waals surface area contributed by atoms with Crippen LogP contribution in [0.2, 0.25) is 0 Å². The highest BCUT2D eigenvalue weighted by Crippen LogP contribution is 2.33. The van der Waals surface area contributed by atoms with Gasteiger partial charge in [-0.05, 0) is 17.5 Å². The lowest BCUT2D eigenvalue weighted by atomic mass is 9.77. The maximum absolute atomic E-state index is 8.83. The smallest absolute Gasteiger partial charge is 0.0640 e. The Morgan fingerprint density at radius 2 is 2.26 bits per heavy atom. The first-order valence-corrected chi connectivity index (χ1v) is 6.77. The summed E-state index contributed by atoms with van der Waals surface area (Å²) in [7, 11) is 0. The number of rotatable bonds is 6. The van der Waals surface area contributed by atoms with Crippen molar-refractivity contribution in [1.29, 1.82) is 0 Å². The Bertz CT molecular complexity index is 550. The van der Waals surface area contributed by atoms with E-state index in [-0.39, 0.29) is 6.61 Å². The van der Waals surface area contributed by atoms with Crippen molar-refractivity contribution in [3.8, 4) is 0 Å². The second-order valence-corrected chi connectivity index (χ2v) is 5.07. The minimum Gasteiger partial charge on any atom is -0.394 e. The molecule has 0 aliphatic heterocycles. The summed E-state index contributed by atoms with van der Waals surface area (Å²) >= 11 is 0. The summed E-state index contributed by atoms with van der Waals surface area (Å²) in [5, 5.41) is 16.5. The van der Waals surface area contributed by atoms with E-state index >= 15 is 0 Å². The molecule has 0 bridgehead atoms. The van der Waals surface area contributed by atoms with Crippen LogP contribution in [-0.4, -0.2) is 28.0 Å². The van der Waals surface area contributed by atoms with Gasteiger partial charge in [0.25, 0.3) is 0 Å². The predicted molar refractivity (Wildman–Crippen MR) is 73.9 cm³/mol. The minimum absolute atomic E-state index is 0.132. The molecule has 0 spiro atoms. The molecule has 100 valence electrons. The number of benzene rings is 1. The maximum Gasteiger partial charge on any atom is 0.0640 e. The second kappa shape index (κ2) is 5.55. The number of fused-ring (bicyclic) bond motifs is 1. The third-order valence-corrected chi connectivity index (χ3v) is 3.70. The van der Waals surface area contributed by atoms with Crippen LogP contribution in [0.25, 0.3) is 0 Å². The van der Waals surface area contributed by atoms with Gasteiger partial charge in [0.15, 0.2) is 0 Å². The number of hydrogen-bond donors (Lipinski definition) is 2. The Morgan fingerprint density at radius 1 is 1.37 bits per heavy atom. The molecule has 2 aromatic rings. The molecule has 0 fully saturated rings. The van der Waals surface area contributed by atoms with Crippen LogP contribution < -0.4 is 5.32 Å². The van der Waals surface area contributed by atoms with Crippen molar-refractivity contribution in [2.24, 2.45) is 0 Å². The molecule has 0 amide bonds. The largest absolute Gasteiger partial charge is 0.394 e. The standard InChI is InChI=1S/C15H19N3O/c19-6-5-18-11-12(9-17-18)8-16-10-14-7-13-3-1-2-4-15(13)14/h1-4,9,11,14,16,19H,5-8,10H2. The minimum atomic E-state index is 0.132. The lowest BCUT2D eigenvalue weighted by molar-refractivity contribution is 0.269. The molecule has 2 N–H and O–H groups in total. The third kappa shape index (κ3) is 2.69. The first-order chi connectivity index (χ1) is 9.36. The lowest BCUT2D eigenvalue weighted by Gasteiger charge is -2.30. The molecular weight excluding hydrogens is 238 g/mol. The average Bonchev–Trinajstić information content (AvgIpc) is 2.83. The summed E-state index contributed by atoms with van der Waals surface area (Å²) in [4.78, 5) is 0. The van der Waals surface area contributed by atoms with Gasteiger partial charge in [-0.3, -0.25) is 4.68 Å². The summed E-state index contributed by atoms with van der Waals surface area (Å²) < 4.78 is 1.77. The first-order valence-electron chi connectivity index (χ1n) is 6.77. The Morgan fingerprint density at radius 3 is 3.11 bits per heavy atom. The molecule has 0 radical (unpaired) electrons. The van der Waals surface area contributed by atoms with Gasteiger partial charge in [0, 0.05) is 30.8 Å². The Labute approximate surface area is 113 Å². The zero-order valence-electron chi connectivity index (χ0n) is 10.9. The van der Waals surface area contributed by atoms with Crippen LogP contribution >= 0.6 is 0 Å². The van der Waals surface area contributed by atoms with E-state index < -0.39 is 0 Å². The molecule has 0 saturated heterocycles. The number of aromatic nitrogens is 2. The molecule has 4 heteroatoms. The number of aliphatic hydroxyl groups excluding tert-OH is 1. The fourth-order valence-corrected chi connectivity index (χ4v) is 2.66. The molecule has 1 heterocycles. The van der Waals surface area contributed by atoms with Gasteiger partial charge in [0.05, 0.1) is 19.3 Å². The van der Waals surface area contributed by atoms with Gasteiger partial charge in [-0.15, -0.1) is 0 Å². The van der Waals surface area contributed by atoms with Gasteiger partial charge in [0.1, 0.15) is 0 Å². The van der Waals surface area contributed by atoms with Crippen LogP contribution in [0.3, 0.4) is 0 Å². The number of nitrogens with one attached hydrogen (secondary N) is 1. The van der Waals surface area contributed by atoms with Gasteiger partial charge in [-0.1, -0.05) is 24.3 Å². The molecule has 1 aliphatic carbocycles. The van der Waals surface area contributed by atoms with Crippen LogP contribution in [0.5, 0.6) is 0 Å². The highest BCUT2D eigenvalue weighted by atomic mass is 16.3. The van der Waals surface area contributed by atoms with E-state index in [1.165, 1.54) is 23.1 Å². The lowest BCUT2D eigenvalue weighted by Crippen LogP contribution is -2.28. The van der Waals surface area contributed by atoms with Gasteiger partial charge >= 0.3 is 0 Å². The van der Waals surface area contributed by atoms with Crippen molar-refractivity contribution in [2.45, 2.75) is 25.4 Å². The quantitative estimate of drug-likeness (QED) is 0.820. The third-order valence-electron chi connectivity index (χ3n) is 3.70. The van der Waals surface area contributed by atoms with E-state index in [0.29, 0.717) is 12.5 Å². The second-order valence-electron chi connectivity index (χ2n) is 5.07. The monoisotopic (exact) mass is 257 g/mol. The van der Waals surface area contributed by atoms with Gasteiger partial charge in [-0.2, -0.15) is 5.10 Å². The molecule has 1 aromatic carbocycles. The topological polar surface area (TPSA) is 50.1 Å². The zero-order valence-corrected chi connectivity index (χ0v) is 10.9. The normalized spacial score (nSPS) is 17.0. The molecule has 1 unspecified atom stereocenters. The highest BCUT2D eigenvalue weighted by molar-refractivity contribution is 5.40. The molecular formula is C15H19N3O. The van der Waals surface area contributed by atoms with E-state index in [1.807, 2.05) is 12.4 Å². The number of aliphatic hydroxyl groups is 1. The summed E-state index contributed by atoms with van der Waals surface area (Å²) in [6.07, 6.45) is 5.03. The molecule has 1 aromatic heterocycles. The number of nitrogens with zero attached hydrogens (tertiary/aromatic N) is 2. The fraction of sp³-hybridized carbons (Fsp3) is 0.400. The molecule has 1 atom stereocenters. The van der Waals surface area contributed by atoms with Crippen molar-refractivity contribution in [2.75, 3.05) is 13.2 Å².